The summed E-state index contributed by atoms with van der Waals surface area (Å²) in [5.41, 5.74) is 0.304. The monoisotopic (exact) mass is 433 g/mol. The van der Waals surface area contributed by atoms with E-state index in [-0.39, 0.29) is 29.0 Å². The topological polar surface area (TPSA) is 96.9 Å². The molecule has 0 aliphatic carbocycles. The van der Waals surface area contributed by atoms with E-state index in [0.29, 0.717) is 24.4 Å². The molecule has 2 aliphatic rings. The summed E-state index contributed by atoms with van der Waals surface area (Å²) in [6, 6.07) is 3.51. The Balaban J connectivity index is 1.54. The third kappa shape index (κ3) is 4.22. The summed E-state index contributed by atoms with van der Waals surface area (Å²) in [5.74, 6) is 0.523. The van der Waals surface area contributed by atoms with Crippen molar-refractivity contribution in [1.29, 1.82) is 0 Å². The van der Waals surface area contributed by atoms with Crippen molar-refractivity contribution in [3.8, 4) is 0 Å². The summed E-state index contributed by atoms with van der Waals surface area (Å²) in [6.07, 6.45) is 9.29. The zero-order valence-corrected chi connectivity index (χ0v) is 17.9. The van der Waals surface area contributed by atoms with E-state index in [2.05, 4.69) is 5.16 Å². The van der Waals surface area contributed by atoms with Gasteiger partial charge in [0.1, 0.15) is 11.5 Å². The molecule has 0 saturated carbocycles. The third-order valence-electron chi connectivity index (χ3n) is 5.77. The van der Waals surface area contributed by atoms with Crippen molar-refractivity contribution in [3.63, 3.8) is 0 Å². The number of carbonyl (C=O) groups excluding carboxylic acids is 1. The molecule has 0 aromatic carbocycles. The number of hydrogen-bond donors (Lipinski definition) is 0. The van der Waals surface area contributed by atoms with Gasteiger partial charge >= 0.3 is 0 Å². The van der Waals surface area contributed by atoms with Crippen LogP contribution in [0, 0.1) is 12.8 Å². The van der Waals surface area contributed by atoms with Crippen molar-refractivity contribution in [3.05, 3.63) is 35.6 Å². The van der Waals surface area contributed by atoms with Crippen LogP contribution < -0.4 is 0 Å². The Hall–Kier alpha value is -2.39. The summed E-state index contributed by atoms with van der Waals surface area (Å²) >= 11 is 0. The normalized spacial score (nSPS) is 21.4. The van der Waals surface area contributed by atoms with Gasteiger partial charge in [0, 0.05) is 26.2 Å². The number of carbonyl (C=O) groups is 1. The molecule has 0 N–H and O–H groups in total. The Kier molecular flexibility index (Phi) is 6.10. The van der Waals surface area contributed by atoms with E-state index in [4.69, 9.17) is 8.94 Å². The van der Waals surface area contributed by atoms with Crippen LogP contribution in [0.15, 0.2) is 32.2 Å². The van der Waals surface area contributed by atoms with Crippen LogP contribution in [0.1, 0.15) is 49.3 Å². The molecular weight excluding hydrogens is 406 g/mol. The van der Waals surface area contributed by atoms with E-state index in [1.54, 1.807) is 31.2 Å². The summed E-state index contributed by atoms with van der Waals surface area (Å²) in [5, 5.41) is 3.87. The number of nitrogens with zero attached hydrogens (tertiary/aromatic N) is 3. The SMILES string of the molecule is Cc1noc(/C=C/c2ccco2)c1S(=O)(=O)N1CCC[C@@H](C(=O)N2CCCCC2)C1. The first-order valence-corrected chi connectivity index (χ1v) is 11.9. The lowest BCUT2D eigenvalue weighted by Gasteiger charge is -2.35. The first-order valence-electron chi connectivity index (χ1n) is 10.4. The van der Waals surface area contributed by atoms with E-state index >= 15 is 0 Å². The highest BCUT2D eigenvalue weighted by Gasteiger charge is 2.38. The maximum absolute atomic E-state index is 13.4. The lowest BCUT2D eigenvalue weighted by atomic mass is 9.97. The summed E-state index contributed by atoms with van der Waals surface area (Å²) in [7, 11) is -3.84. The smallest absolute Gasteiger partial charge is 0.248 e. The van der Waals surface area contributed by atoms with Gasteiger partial charge < -0.3 is 13.8 Å². The third-order valence-corrected chi connectivity index (χ3v) is 7.80. The summed E-state index contributed by atoms with van der Waals surface area (Å²) in [4.78, 5) is 14.9. The van der Waals surface area contributed by atoms with Gasteiger partial charge in [-0.05, 0) is 63.3 Å². The van der Waals surface area contributed by atoms with Crippen molar-refractivity contribution in [2.75, 3.05) is 26.2 Å². The molecule has 2 aromatic rings. The van der Waals surface area contributed by atoms with Crippen molar-refractivity contribution in [1.82, 2.24) is 14.4 Å². The zero-order chi connectivity index (χ0) is 21.1. The van der Waals surface area contributed by atoms with E-state index in [0.717, 1.165) is 38.8 Å². The van der Waals surface area contributed by atoms with Gasteiger partial charge in [0.15, 0.2) is 10.7 Å². The van der Waals surface area contributed by atoms with Crippen molar-refractivity contribution < 1.29 is 22.2 Å². The molecule has 0 unspecified atom stereocenters. The standard InChI is InChI=1S/C21H27N3O5S/c1-16-20(19(29-22-16)10-9-18-8-6-14-28-18)30(26,27)24-13-5-7-17(15-24)21(25)23-11-3-2-4-12-23/h6,8-10,14,17H,2-5,7,11-13,15H2,1H3/b10-9+/t17-/m1/s1. The number of piperidine rings is 2. The molecular formula is C21H27N3O5S. The van der Waals surface area contributed by atoms with Gasteiger partial charge in [-0.25, -0.2) is 8.42 Å². The fourth-order valence-electron chi connectivity index (χ4n) is 4.21. The molecule has 9 heteroatoms. The van der Waals surface area contributed by atoms with Crippen molar-refractivity contribution in [2.45, 2.75) is 43.9 Å². The molecule has 1 atom stereocenters. The van der Waals surface area contributed by atoms with E-state index in [1.807, 2.05) is 4.90 Å². The molecule has 0 radical (unpaired) electrons. The largest absolute Gasteiger partial charge is 0.465 e. The molecule has 0 bridgehead atoms. The fraction of sp³-hybridized carbons (Fsp3) is 0.524. The molecule has 0 spiro atoms. The van der Waals surface area contributed by atoms with Gasteiger partial charge in [-0.2, -0.15) is 4.31 Å². The highest BCUT2D eigenvalue weighted by molar-refractivity contribution is 7.89. The number of furan rings is 1. The highest BCUT2D eigenvalue weighted by Crippen LogP contribution is 2.30. The van der Waals surface area contributed by atoms with Crippen LogP contribution in [0.5, 0.6) is 0 Å². The Bertz CT molecular complexity index is 1000. The average Bonchev–Trinajstić information content (AvgIpc) is 3.42. The number of amides is 1. The van der Waals surface area contributed by atoms with Crippen LogP contribution in [0.3, 0.4) is 0 Å². The molecule has 30 heavy (non-hydrogen) atoms. The molecule has 2 aliphatic heterocycles. The number of rotatable bonds is 5. The minimum absolute atomic E-state index is 0.0522. The highest BCUT2D eigenvalue weighted by atomic mass is 32.2. The average molecular weight is 434 g/mol. The Morgan fingerprint density at radius 2 is 1.97 bits per heavy atom. The lowest BCUT2D eigenvalue weighted by Crippen LogP contribution is -2.48. The fourth-order valence-corrected chi connectivity index (χ4v) is 5.98. The number of likely N-dealkylation sites (tertiary alicyclic amines) is 1. The maximum Gasteiger partial charge on any atom is 0.248 e. The molecule has 2 saturated heterocycles. The van der Waals surface area contributed by atoms with Gasteiger partial charge in [0.05, 0.1) is 12.2 Å². The predicted molar refractivity (Wildman–Crippen MR) is 111 cm³/mol. The Morgan fingerprint density at radius 1 is 1.17 bits per heavy atom. The second-order valence-electron chi connectivity index (χ2n) is 7.90. The van der Waals surface area contributed by atoms with Crippen molar-refractivity contribution >= 4 is 28.1 Å². The van der Waals surface area contributed by atoms with Gasteiger partial charge in [0.25, 0.3) is 0 Å². The van der Waals surface area contributed by atoms with Gasteiger partial charge in [-0.3, -0.25) is 4.79 Å². The maximum atomic E-state index is 13.4. The molecule has 2 fully saturated rings. The molecule has 8 nitrogen and oxygen atoms in total. The van der Waals surface area contributed by atoms with Crippen molar-refractivity contribution in [2.24, 2.45) is 5.92 Å². The summed E-state index contributed by atoms with van der Waals surface area (Å²) < 4.78 is 38.8. The zero-order valence-electron chi connectivity index (χ0n) is 17.1. The number of aryl methyl sites for hydroxylation is 1. The van der Waals surface area contributed by atoms with Crippen LogP contribution in [-0.2, 0) is 14.8 Å². The number of sulfonamides is 1. The summed E-state index contributed by atoms with van der Waals surface area (Å²) in [6.45, 7) is 3.74. The minimum atomic E-state index is -3.84. The molecule has 4 heterocycles. The first kappa shape index (κ1) is 20.9. The van der Waals surface area contributed by atoms with Crippen LogP contribution >= 0.6 is 0 Å². The van der Waals surface area contributed by atoms with Crippen LogP contribution in [0.25, 0.3) is 12.2 Å². The lowest BCUT2D eigenvalue weighted by molar-refractivity contribution is -0.137. The van der Waals surface area contributed by atoms with E-state index in [1.165, 1.54) is 10.6 Å². The van der Waals surface area contributed by atoms with Gasteiger partial charge in [-0.1, -0.05) is 5.16 Å². The first-order chi connectivity index (χ1) is 14.5. The van der Waals surface area contributed by atoms with Gasteiger partial charge in [-0.15, -0.1) is 0 Å². The quantitative estimate of drug-likeness (QED) is 0.719. The number of aromatic nitrogens is 1. The van der Waals surface area contributed by atoms with Gasteiger partial charge in [0.2, 0.25) is 15.9 Å². The molecule has 2 aromatic heterocycles. The number of hydrogen-bond acceptors (Lipinski definition) is 6. The van der Waals surface area contributed by atoms with E-state index in [9.17, 15) is 13.2 Å². The van der Waals surface area contributed by atoms with E-state index < -0.39 is 10.0 Å². The van der Waals surface area contributed by atoms with Crippen LogP contribution in [0.4, 0.5) is 0 Å². The predicted octanol–water partition coefficient (Wildman–Crippen LogP) is 3.16. The van der Waals surface area contributed by atoms with Crippen LogP contribution in [0.2, 0.25) is 0 Å². The molecule has 4 rings (SSSR count). The Labute approximate surface area is 176 Å². The second-order valence-corrected chi connectivity index (χ2v) is 9.77. The molecule has 1 amide bonds. The minimum Gasteiger partial charge on any atom is -0.465 e. The Morgan fingerprint density at radius 3 is 2.70 bits per heavy atom. The second kappa shape index (κ2) is 8.77. The molecule has 162 valence electrons. The van der Waals surface area contributed by atoms with Crippen LogP contribution in [-0.4, -0.2) is 54.9 Å².